The minimum Gasteiger partial charge on any atom is -0.478 e. The number of carboxylic acid groups (broad SMARTS) is 1. The summed E-state index contributed by atoms with van der Waals surface area (Å²) in [7, 11) is 0. The highest BCUT2D eigenvalue weighted by molar-refractivity contribution is 5.99. The smallest absolute Gasteiger partial charge is 0.335 e. The predicted molar refractivity (Wildman–Crippen MR) is 114 cm³/mol. The van der Waals surface area contributed by atoms with Gasteiger partial charge in [0.2, 0.25) is 5.91 Å². The molecular weight excluding hydrogens is 404 g/mol. The molecule has 10 nitrogen and oxygen atoms in total. The van der Waals surface area contributed by atoms with Crippen LogP contribution in [0.3, 0.4) is 0 Å². The topological polar surface area (TPSA) is 137 Å². The number of carbonyl (C=O) groups excluding carboxylic acids is 3. The van der Waals surface area contributed by atoms with Crippen molar-refractivity contribution in [1.82, 2.24) is 21.1 Å². The number of carbonyl (C=O) groups is 4. The molecule has 0 radical (unpaired) electrons. The average molecular weight is 434 g/mol. The van der Waals surface area contributed by atoms with Crippen LogP contribution in [-0.2, 0) is 23.9 Å². The van der Waals surface area contributed by atoms with E-state index in [0.29, 0.717) is 18.0 Å². The first-order chi connectivity index (χ1) is 14.7. The van der Waals surface area contributed by atoms with Gasteiger partial charge in [-0.1, -0.05) is 19.2 Å². The lowest BCUT2D eigenvalue weighted by atomic mass is 10.1. The Labute approximate surface area is 181 Å². The zero-order valence-corrected chi connectivity index (χ0v) is 17.9. The van der Waals surface area contributed by atoms with Gasteiger partial charge in [0.05, 0.1) is 18.3 Å². The number of morpholine rings is 1. The van der Waals surface area contributed by atoms with Gasteiger partial charge in [-0.2, -0.15) is 5.01 Å². The number of allylic oxidation sites excluding steroid dienone is 1. The zero-order valence-electron chi connectivity index (χ0n) is 17.9. The lowest BCUT2D eigenvalue weighted by molar-refractivity contribution is -0.136. The summed E-state index contributed by atoms with van der Waals surface area (Å²) in [4.78, 5) is 48.0. The fourth-order valence-corrected chi connectivity index (χ4v) is 2.59. The van der Waals surface area contributed by atoms with E-state index in [2.05, 4.69) is 29.2 Å². The molecule has 1 rings (SSSR count). The highest BCUT2D eigenvalue weighted by Gasteiger charge is 2.26. The SMILES string of the molecule is C=CC(=O)NC(=C(C)C(=O)O)N(NC(=O)C=CCCCC1CNCCO1)C(=O)C(=C)C. The lowest BCUT2D eigenvalue weighted by Gasteiger charge is -2.26. The van der Waals surface area contributed by atoms with Crippen molar-refractivity contribution in [2.75, 3.05) is 19.7 Å². The number of carboxylic acids is 1. The van der Waals surface area contributed by atoms with Crippen molar-refractivity contribution in [3.8, 4) is 0 Å². The van der Waals surface area contributed by atoms with Crippen LogP contribution in [0.25, 0.3) is 0 Å². The summed E-state index contributed by atoms with van der Waals surface area (Å²) >= 11 is 0. The van der Waals surface area contributed by atoms with Crippen molar-refractivity contribution in [3.63, 3.8) is 0 Å². The molecule has 1 fully saturated rings. The van der Waals surface area contributed by atoms with E-state index in [1.807, 2.05) is 0 Å². The van der Waals surface area contributed by atoms with E-state index in [-0.39, 0.29) is 17.3 Å². The molecule has 0 aromatic carbocycles. The fraction of sp³-hybridized carbons (Fsp3) is 0.429. The number of unbranched alkanes of at least 4 members (excludes halogenated alkanes) is 1. The van der Waals surface area contributed by atoms with E-state index >= 15 is 0 Å². The van der Waals surface area contributed by atoms with E-state index < -0.39 is 29.5 Å². The van der Waals surface area contributed by atoms with Gasteiger partial charge in [-0.3, -0.25) is 19.8 Å². The van der Waals surface area contributed by atoms with Gasteiger partial charge in [-0.25, -0.2) is 4.79 Å². The molecule has 1 unspecified atom stereocenters. The van der Waals surface area contributed by atoms with Crippen LogP contribution in [0.4, 0.5) is 0 Å². The van der Waals surface area contributed by atoms with Gasteiger partial charge < -0.3 is 20.5 Å². The van der Waals surface area contributed by atoms with Gasteiger partial charge in [0.25, 0.3) is 11.8 Å². The number of ether oxygens (including phenoxy) is 1. The molecular formula is C21H30N4O6. The third kappa shape index (κ3) is 8.97. The molecule has 1 atom stereocenters. The van der Waals surface area contributed by atoms with Crippen molar-refractivity contribution in [2.24, 2.45) is 0 Å². The first-order valence-electron chi connectivity index (χ1n) is 9.84. The molecule has 31 heavy (non-hydrogen) atoms. The normalized spacial score (nSPS) is 16.8. The maximum absolute atomic E-state index is 12.5. The summed E-state index contributed by atoms with van der Waals surface area (Å²) in [6.07, 6.45) is 6.21. The Morgan fingerprint density at radius 1 is 1.26 bits per heavy atom. The molecule has 1 heterocycles. The third-order valence-corrected chi connectivity index (χ3v) is 4.29. The quantitative estimate of drug-likeness (QED) is 0.226. The Hall–Kier alpha value is -3.24. The van der Waals surface area contributed by atoms with Gasteiger partial charge in [0.15, 0.2) is 0 Å². The monoisotopic (exact) mass is 434 g/mol. The minimum atomic E-state index is -1.39. The van der Waals surface area contributed by atoms with Crippen LogP contribution in [-0.4, -0.2) is 59.6 Å². The summed E-state index contributed by atoms with van der Waals surface area (Å²) in [5.41, 5.74) is 1.95. The minimum absolute atomic E-state index is 0.0221. The zero-order chi connectivity index (χ0) is 23.4. The maximum Gasteiger partial charge on any atom is 0.335 e. The standard InChI is InChI=1S/C21H30N4O6/c1-5-17(26)23-19(15(4)21(29)30)25(20(28)14(2)3)24-18(27)10-8-6-7-9-16-13-22-11-12-31-16/h5,8,10,16,22H,1-2,6-7,9,11-13H2,3-4H3,(H,23,26)(H,24,27)(H,29,30). The van der Waals surface area contributed by atoms with Crippen molar-refractivity contribution >= 4 is 23.7 Å². The van der Waals surface area contributed by atoms with Crippen LogP contribution in [0.1, 0.15) is 33.1 Å². The molecule has 0 saturated carbocycles. The molecule has 0 aromatic rings. The second-order valence-corrected chi connectivity index (χ2v) is 6.90. The van der Waals surface area contributed by atoms with Crippen molar-refractivity contribution in [2.45, 2.75) is 39.2 Å². The summed E-state index contributed by atoms with van der Waals surface area (Å²) in [5.74, 6) is -4.01. The van der Waals surface area contributed by atoms with Gasteiger partial charge in [-0.05, 0) is 39.2 Å². The Bertz CT molecular complexity index is 781. The Kier molecular flexibility index (Phi) is 10.9. The van der Waals surface area contributed by atoms with Crippen LogP contribution >= 0.6 is 0 Å². The number of rotatable bonds is 10. The molecule has 3 amide bonds. The van der Waals surface area contributed by atoms with E-state index in [0.717, 1.165) is 32.0 Å². The molecule has 0 aliphatic carbocycles. The van der Waals surface area contributed by atoms with Crippen molar-refractivity contribution < 1.29 is 29.0 Å². The second kappa shape index (κ2) is 13.1. The highest BCUT2D eigenvalue weighted by Crippen LogP contribution is 2.11. The molecule has 0 aromatic heterocycles. The number of nitrogens with one attached hydrogen (secondary N) is 3. The molecule has 1 aliphatic heterocycles. The average Bonchev–Trinajstić information content (AvgIpc) is 2.75. The first kappa shape index (κ1) is 25.8. The van der Waals surface area contributed by atoms with Gasteiger partial charge in [0, 0.05) is 24.7 Å². The third-order valence-electron chi connectivity index (χ3n) is 4.29. The van der Waals surface area contributed by atoms with Crippen molar-refractivity contribution in [3.05, 3.63) is 48.4 Å². The maximum atomic E-state index is 12.5. The van der Waals surface area contributed by atoms with Crippen LogP contribution < -0.4 is 16.1 Å². The molecule has 0 spiro atoms. The van der Waals surface area contributed by atoms with E-state index in [1.54, 1.807) is 6.08 Å². The number of aliphatic carboxylic acids is 1. The van der Waals surface area contributed by atoms with Crippen LogP contribution in [0.5, 0.6) is 0 Å². The molecule has 1 saturated heterocycles. The fourth-order valence-electron chi connectivity index (χ4n) is 2.59. The molecule has 170 valence electrons. The summed E-state index contributed by atoms with van der Waals surface area (Å²) in [5, 5.41) is 15.5. The Morgan fingerprint density at radius 2 is 1.97 bits per heavy atom. The number of hydrazine groups is 1. The molecule has 1 aliphatic rings. The Morgan fingerprint density at radius 3 is 2.52 bits per heavy atom. The van der Waals surface area contributed by atoms with Gasteiger partial charge in [0.1, 0.15) is 5.82 Å². The summed E-state index contributed by atoms with van der Waals surface area (Å²) in [6.45, 7) is 11.7. The van der Waals surface area contributed by atoms with E-state index in [9.17, 15) is 24.3 Å². The highest BCUT2D eigenvalue weighted by atomic mass is 16.5. The van der Waals surface area contributed by atoms with Gasteiger partial charge >= 0.3 is 5.97 Å². The summed E-state index contributed by atoms with van der Waals surface area (Å²) in [6, 6.07) is 0. The number of hydrogen-bond acceptors (Lipinski definition) is 6. The number of hydrogen-bond donors (Lipinski definition) is 4. The second-order valence-electron chi connectivity index (χ2n) is 6.90. The van der Waals surface area contributed by atoms with Crippen molar-refractivity contribution in [1.29, 1.82) is 0 Å². The molecule has 10 heteroatoms. The van der Waals surface area contributed by atoms with Gasteiger partial charge in [-0.15, -0.1) is 0 Å². The Balaban J connectivity index is 2.85. The lowest BCUT2D eigenvalue weighted by Crippen LogP contribution is -2.50. The molecule has 4 N–H and O–H groups in total. The number of amides is 3. The summed E-state index contributed by atoms with van der Waals surface area (Å²) < 4.78 is 5.60. The van der Waals surface area contributed by atoms with Crippen LogP contribution in [0.2, 0.25) is 0 Å². The predicted octanol–water partition coefficient (Wildman–Crippen LogP) is 0.756. The van der Waals surface area contributed by atoms with E-state index in [1.165, 1.54) is 19.9 Å². The van der Waals surface area contributed by atoms with Crippen LogP contribution in [0.15, 0.2) is 48.4 Å². The van der Waals surface area contributed by atoms with E-state index in [4.69, 9.17) is 4.74 Å². The van der Waals surface area contributed by atoms with Crippen LogP contribution in [0, 0.1) is 0 Å². The number of nitrogens with zero attached hydrogens (tertiary/aromatic N) is 1. The molecule has 0 bridgehead atoms. The largest absolute Gasteiger partial charge is 0.478 e. The first-order valence-corrected chi connectivity index (χ1v) is 9.84.